The van der Waals surface area contributed by atoms with Crippen LogP contribution < -0.4 is 11.0 Å². The summed E-state index contributed by atoms with van der Waals surface area (Å²) in [4.78, 5) is 13.8. The topological polar surface area (TPSA) is 51.3 Å². The summed E-state index contributed by atoms with van der Waals surface area (Å²) < 4.78 is 36.9. The molecular weight excluding hydrogens is 267 g/mol. The standard InChI is InChI=1S/C13H18BF2NO3/c1-12(2)13(3,4)20-14(19-12)9-7-17-11(18)6-8(9)5-10(15)16/h6-7,10H,5H2,1-4H3,(H,17,18). The second-order valence-corrected chi connectivity index (χ2v) is 5.96. The molecule has 1 N–H and O–H groups in total. The monoisotopic (exact) mass is 285 g/mol. The number of hydrogen-bond donors (Lipinski definition) is 1. The lowest BCUT2D eigenvalue weighted by Crippen LogP contribution is -2.41. The summed E-state index contributed by atoms with van der Waals surface area (Å²) in [6.07, 6.45) is -1.64. The molecule has 2 heterocycles. The third-order valence-corrected chi connectivity index (χ3v) is 3.93. The van der Waals surface area contributed by atoms with Crippen molar-refractivity contribution < 1.29 is 18.1 Å². The van der Waals surface area contributed by atoms with Crippen LogP contribution in [0.4, 0.5) is 8.78 Å². The van der Waals surface area contributed by atoms with Gasteiger partial charge in [-0.1, -0.05) is 0 Å². The van der Waals surface area contributed by atoms with Gasteiger partial charge in [0.15, 0.2) is 0 Å². The van der Waals surface area contributed by atoms with Crippen LogP contribution in [0.25, 0.3) is 0 Å². The van der Waals surface area contributed by atoms with Gasteiger partial charge in [0, 0.05) is 24.1 Å². The van der Waals surface area contributed by atoms with Crippen LogP contribution in [0.3, 0.4) is 0 Å². The third kappa shape index (κ3) is 2.78. The highest BCUT2D eigenvalue weighted by Crippen LogP contribution is 2.36. The first-order valence-electron chi connectivity index (χ1n) is 6.48. The number of rotatable bonds is 3. The average Bonchev–Trinajstić information content (AvgIpc) is 2.46. The first kappa shape index (κ1) is 15.2. The predicted molar refractivity (Wildman–Crippen MR) is 72.5 cm³/mol. The number of hydrogen-bond acceptors (Lipinski definition) is 3. The quantitative estimate of drug-likeness (QED) is 0.856. The Bertz CT molecular complexity index is 541. The van der Waals surface area contributed by atoms with Crippen LogP contribution in [0.2, 0.25) is 0 Å². The molecule has 4 nitrogen and oxygen atoms in total. The van der Waals surface area contributed by atoms with Gasteiger partial charge in [-0.3, -0.25) is 4.79 Å². The van der Waals surface area contributed by atoms with E-state index in [1.165, 1.54) is 12.3 Å². The predicted octanol–water partition coefficient (Wildman–Crippen LogP) is 1.48. The van der Waals surface area contributed by atoms with Crippen molar-refractivity contribution in [2.45, 2.75) is 51.7 Å². The van der Waals surface area contributed by atoms with Crippen LogP contribution in [0.15, 0.2) is 17.1 Å². The molecule has 1 saturated heterocycles. The van der Waals surface area contributed by atoms with E-state index in [1.807, 2.05) is 27.7 Å². The van der Waals surface area contributed by atoms with Crippen LogP contribution in [-0.2, 0) is 15.7 Å². The van der Waals surface area contributed by atoms with Gasteiger partial charge < -0.3 is 14.3 Å². The summed E-state index contributed by atoms with van der Waals surface area (Å²) in [5.41, 5.74) is -0.835. The minimum atomic E-state index is -2.53. The molecule has 1 fully saturated rings. The molecular formula is C13H18BF2NO3. The molecule has 1 aromatic rings. The van der Waals surface area contributed by atoms with Gasteiger partial charge in [0.2, 0.25) is 12.0 Å². The van der Waals surface area contributed by atoms with Gasteiger partial charge in [0.25, 0.3) is 0 Å². The summed E-state index contributed by atoms with van der Waals surface area (Å²) >= 11 is 0. The first-order valence-corrected chi connectivity index (χ1v) is 6.48. The van der Waals surface area contributed by atoms with E-state index >= 15 is 0 Å². The van der Waals surface area contributed by atoms with E-state index in [0.29, 0.717) is 5.46 Å². The van der Waals surface area contributed by atoms with Gasteiger partial charge in [-0.2, -0.15) is 0 Å². The van der Waals surface area contributed by atoms with Gasteiger partial charge in [-0.05, 0) is 33.3 Å². The fourth-order valence-electron chi connectivity index (χ4n) is 2.06. The molecule has 110 valence electrons. The molecule has 0 radical (unpaired) electrons. The molecule has 0 amide bonds. The Labute approximate surface area is 116 Å². The fraction of sp³-hybridized carbons (Fsp3) is 0.615. The van der Waals surface area contributed by atoms with Crippen molar-refractivity contribution in [3.8, 4) is 0 Å². The SMILES string of the molecule is CC1(C)OB(c2c[nH]c(=O)cc2CC(F)F)OC1(C)C. The van der Waals surface area contributed by atoms with Crippen LogP contribution in [-0.4, -0.2) is 29.7 Å². The number of alkyl halides is 2. The molecule has 0 aromatic carbocycles. The van der Waals surface area contributed by atoms with Crippen molar-refractivity contribution in [2.24, 2.45) is 0 Å². The molecule has 1 aliphatic rings. The van der Waals surface area contributed by atoms with Crippen LogP contribution in [0, 0.1) is 0 Å². The van der Waals surface area contributed by atoms with Gasteiger partial charge in [0.1, 0.15) is 0 Å². The van der Waals surface area contributed by atoms with Crippen LogP contribution in [0.1, 0.15) is 33.3 Å². The van der Waals surface area contributed by atoms with Crippen molar-refractivity contribution in [1.82, 2.24) is 4.98 Å². The van der Waals surface area contributed by atoms with Crippen molar-refractivity contribution >= 4 is 12.6 Å². The number of aromatic nitrogens is 1. The van der Waals surface area contributed by atoms with Crippen molar-refractivity contribution in [3.63, 3.8) is 0 Å². The lowest BCUT2D eigenvalue weighted by molar-refractivity contribution is 0.00578. The van der Waals surface area contributed by atoms with Crippen LogP contribution in [0.5, 0.6) is 0 Å². The first-order chi connectivity index (χ1) is 9.12. The number of H-pyrrole nitrogens is 1. The molecule has 0 unspecified atom stereocenters. The second kappa shape index (κ2) is 4.97. The molecule has 0 aliphatic carbocycles. The molecule has 1 aliphatic heterocycles. The minimum Gasteiger partial charge on any atom is -0.399 e. The van der Waals surface area contributed by atoms with E-state index in [2.05, 4.69) is 4.98 Å². The zero-order valence-electron chi connectivity index (χ0n) is 12.0. The lowest BCUT2D eigenvalue weighted by Gasteiger charge is -2.32. The van der Waals surface area contributed by atoms with Crippen LogP contribution >= 0.6 is 0 Å². The highest BCUT2D eigenvalue weighted by Gasteiger charge is 2.52. The van der Waals surface area contributed by atoms with Gasteiger partial charge in [-0.25, -0.2) is 8.78 Å². The maximum absolute atomic E-state index is 12.6. The maximum atomic E-state index is 12.6. The average molecular weight is 285 g/mol. The number of pyridine rings is 1. The second-order valence-electron chi connectivity index (χ2n) is 5.96. The van der Waals surface area contributed by atoms with Gasteiger partial charge in [-0.15, -0.1) is 0 Å². The van der Waals surface area contributed by atoms with Crippen molar-refractivity contribution in [1.29, 1.82) is 0 Å². The maximum Gasteiger partial charge on any atom is 0.496 e. The zero-order valence-corrected chi connectivity index (χ0v) is 12.0. The Morgan fingerprint density at radius 2 is 1.80 bits per heavy atom. The van der Waals surface area contributed by atoms with Crippen molar-refractivity contribution in [3.05, 3.63) is 28.2 Å². The van der Waals surface area contributed by atoms with E-state index in [0.717, 1.165) is 0 Å². The zero-order chi connectivity index (χ0) is 15.1. The van der Waals surface area contributed by atoms with Gasteiger partial charge in [0.05, 0.1) is 11.2 Å². The summed E-state index contributed by atoms with van der Waals surface area (Å²) in [5, 5.41) is 0. The van der Waals surface area contributed by atoms with E-state index in [9.17, 15) is 13.6 Å². The Balaban J connectivity index is 2.37. The molecule has 0 bridgehead atoms. The molecule has 1 aromatic heterocycles. The molecule has 20 heavy (non-hydrogen) atoms. The Kier molecular flexibility index (Phi) is 3.77. The largest absolute Gasteiger partial charge is 0.496 e. The lowest BCUT2D eigenvalue weighted by atomic mass is 9.76. The normalized spacial score (nSPS) is 20.6. The summed E-state index contributed by atoms with van der Waals surface area (Å²) in [7, 11) is -0.759. The van der Waals surface area contributed by atoms with Crippen molar-refractivity contribution in [2.75, 3.05) is 0 Å². The molecule has 7 heteroatoms. The highest BCUT2D eigenvalue weighted by atomic mass is 19.3. The molecule has 0 spiro atoms. The minimum absolute atomic E-state index is 0.252. The van der Waals surface area contributed by atoms with E-state index in [1.54, 1.807) is 0 Å². The third-order valence-electron chi connectivity index (χ3n) is 3.93. The number of halogens is 2. The Morgan fingerprint density at radius 1 is 1.25 bits per heavy atom. The molecule has 2 rings (SSSR count). The Hall–Kier alpha value is -1.21. The smallest absolute Gasteiger partial charge is 0.399 e. The number of aromatic amines is 1. The number of nitrogens with one attached hydrogen (secondary N) is 1. The Morgan fingerprint density at radius 3 is 2.30 bits per heavy atom. The van der Waals surface area contributed by atoms with E-state index in [-0.39, 0.29) is 5.56 Å². The molecule has 0 saturated carbocycles. The summed E-state index contributed by atoms with van der Waals surface area (Å²) in [6, 6.07) is 1.17. The summed E-state index contributed by atoms with van der Waals surface area (Å²) in [6.45, 7) is 7.52. The van der Waals surface area contributed by atoms with Gasteiger partial charge >= 0.3 is 7.12 Å². The van der Waals surface area contributed by atoms with E-state index in [4.69, 9.17) is 9.31 Å². The van der Waals surface area contributed by atoms with E-state index < -0.39 is 36.7 Å². The fourth-order valence-corrected chi connectivity index (χ4v) is 2.06. The molecule has 0 atom stereocenters. The summed E-state index contributed by atoms with van der Waals surface area (Å²) in [5.74, 6) is 0. The highest BCUT2D eigenvalue weighted by molar-refractivity contribution is 6.62.